The highest BCUT2D eigenvalue weighted by Gasteiger charge is 2.13. The Hall–Kier alpha value is -3.90. The number of nitriles is 1. The second-order valence-electron chi connectivity index (χ2n) is 7.31. The minimum Gasteiger partial charge on any atom is -0.490 e. The Morgan fingerprint density at radius 2 is 1.79 bits per heavy atom. The SMILES string of the molecule is CCOc1cc(/C=C(/C#N)C(=O)Nc2nnc(C)s2)ccc1OCCOc1c(C)cccc1C. The highest BCUT2D eigenvalue weighted by atomic mass is 32.1. The zero-order valence-electron chi connectivity index (χ0n) is 19.5. The zero-order chi connectivity index (χ0) is 24.5. The molecule has 9 heteroatoms. The topological polar surface area (TPSA) is 106 Å². The largest absolute Gasteiger partial charge is 0.490 e. The number of carbonyl (C=O) groups is 1. The van der Waals surface area contributed by atoms with Crippen LogP contribution in [0.25, 0.3) is 6.08 Å². The lowest BCUT2D eigenvalue weighted by Gasteiger charge is -2.15. The number of hydrogen-bond donors (Lipinski definition) is 1. The molecule has 0 radical (unpaired) electrons. The Kier molecular flexibility index (Phi) is 8.60. The third-order valence-electron chi connectivity index (χ3n) is 4.69. The minimum atomic E-state index is -0.555. The van der Waals surface area contributed by atoms with E-state index in [1.807, 2.05) is 45.0 Å². The van der Waals surface area contributed by atoms with E-state index in [2.05, 4.69) is 15.5 Å². The number of carbonyl (C=O) groups excluding carboxylic acids is 1. The molecule has 8 nitrogen and oxygen atoms in total. The maximum absolute atomic E-state index is 12.4. The van der Waals surface area contributed by atoms with E-state index in [1.54, 1.807) is 25.1 Å². The zero-order valence-corrected chi connectivity index (χ0v) is 20.4. The van der Waals surface area contributed by atoms with Gasteiger partial charge in [-0.1, -0.05) is 35.6 Å². The molecule has 34 heavy (non-hydrogen) atoms. The quantitative estimate of drug-likeness (QED) is 0.252. The van der Waals surface area contributed by atoms with Gasteiger partial charge in [-0.05, 0) is 62.6 Å². The summed E-state index contributed by atoms with van der Waals surface area (Å²) < 4.78 is 17.5. The van der Waals surface area contributed by atoms with Crippen molar-refractivity contribution in [2.45, 2.75) is 27.7 Å². The fraction of sp³-hybridized carbons (Fsp3) is 0.280. The van der Waals surface area contributed by atoms with Crippen LogP contribution in [0.15, 0.2) is 42.0 Å². The maximum atomic E-state index is 12.4. The summed E-state index contributed by atoms with van der Waals surface area (Å²) in [4.78, 5) is 12.4. The molecule has 0 bridgehead atoms. The number of aromatic nitrogens is 2. The number of nitrogens with one attached hydrogen (secondary N) is 1. The highest BCUT2D eigenvalue weighted by Crippen LogP contribution is 2.30. The van der Waals surface area contributed by atoms with E-state index in [0.29, 0.717) is 47.0 Å². The summed E-state index contributed by atoms with van der Waals surface area (Å²) in [6, 6.07) is 13.2. The van der Waals surface area contributed by atoms with E-state index in [-0.39, 0.29) is 5.57 Å². The second-order valence-corrected chi connectivity index (χ2v) is 8.49. The standard InChI is InChI=1S/C25H26N4O4S/c1-5-31-22-14-19(13-20(15-26)24(30)27-25-29-28-18(4)34-25)9-10-21(22)32-11-12-33-23-16(2)7-6-8-17(23)3/h6-10,13-14H,5,11-12H2,1-4H3,(H,27,29,30)/b20-13-. The van der Waals surface area contributed by atoms with E-state index >= 15 is 0 Å². The molecule has 0 aliphatic carbocycles. The van der Waals surface area contributed by atoms with Gasteiger partial charge in [0.05, 0.1) is 6.61 Å². The molecule has 1 heterocycles. The van der Waals surface area contributed by atoms with Gasteiger partial charge in [0.2, 0.25) is 5.13 Å². The van der Waals surface area contributed by atoms with Crippen LogP contribution in [0.3, 0.4) is 0 Å². The normalized spacial score (nSPS) is 11.0. The molecule has 1 N–H and O–H groups in total. The lowest BCUT2D eigenvalue weighted by molar-refractivity contribution is -0.112. The Morgan fingerprint density at radius 3 is 2.44 bits per heavy atom. The van der Waals surface area contributed by atoms with Crippen molar-refractivity contribution in [3.8, 4) is 23.3 Å². The molecule has 0 atom stereocenters. The molecule has 3 rings (SSSR count). The summed E-state index contributed by atoms with van der Waals surface area (Å²) >= 11 is 1.23. The lowest BCUT2D eigenvalue weighted by atomic mass is 10.1. The van der Waals surface area contributed by atoms with Crippen LogP contribution in [0.1, 0.15) is 28.6 Å². The van der Waals surface area contributed by atoms with Gasteiger partial charge >= 0.3 is 0 Å². The molecule has 1 amide bonds. The van der Waals surface area contributed by atoms with E-state index in [1.165, 1.54) is 17.4 Å². The van der Waals surface area contributed by atoms with E-state index in [0.717, 1.165) is 16.9 Å². The first-order chi connectivity index (χ1) is 16.4. The van der Waals surface area contributed by atoms with Gasteiger partial charge in [-0.2, -0.15) is 5.26 Å². The number of para-hydroxylation sites is 1. The van der Waals surface area contributed by atoms with Crippen molar-refractivity contribution < 1.29 is 19.0 Å². The van der Waals surface area contributed by atoms with E-state index in [9.17, 15) is 10.1 Å². The lowest BCUT2D eigenvalue weighted by Crippen LogP contribution is -2.13. The van der Waals surface area contributed by atoms with Crippen molar-refractivity contribution in [1.82, 2.24) is 10.2 Å². The molecule has 2 aromatic carbocycles. The molecule has 0 aliphatic heterocycles. The molecule has 0 saturated carbocycles. The van der Waals surface area contributed by atoms with Crippen molar-refractivity contribution in [2.75, 3.05) is 25.1 Å². The average molecular weight is 479 g/mol. The maximum Gasteiger partial charge on any atom is 0.268 e. The number of amides is 1. The average Bonchev–Trinajstić information content (AvgIpc) is 3.22. The monoisotopic (exact) mass is 478 g/mol. The summed E-state index contributed by atoms with van der Waals surface area (Å²) in [5, 5.41) is 20.8. The molecule has 0 aliphatic rings. The second kappa shape index (κ2) is 11.8. The Balaban J connectivity index is 1.67. The first-order valence-corrected chi connectivity index (χ1v) is 11.5. The highest BCUT2D eigenvalue weighted by molar-refractivity contribution is 7.15. The van der Waals surface area contributed by atoms with Crippen LogP contribution in [0.5, 0.6) is 17.2 Å². The number of anilines is 1. The number of hydrogen-bond acceptors (Lipinski definition) is 8. The smallest absolute Gasteiger partial charge is 0.268 e. The van der Waals surface area contributed by atoms with Gasteiger partial charge < -0.3 is 14.2 Å². The van der Waals surface area contributed by atoms with Crippen LogP contribution < -0.4 is 19.5 Å². The number of benzene rings is 2. The molecule has 176 valence electrons. The number of nitrogens with zero attached hydrogens (tertiary/aromatic N) is 3. The van der Waals surface area contributed by atoms with Crippen LogP contribution >= 0.6 is 11.3 Å². The van der Waals surface area contributed by atoms with E-state index < -0.39 is 5.91 Å². The molecule has 3 aromatic rings. The number of aryl methyl sites for hydroxylation is 3. The van der Waals surface area contributed by atoms with Crippen molar-refractivity contribution in [1.29, 1.82) is 5.26 Å². The molecule has 0 spiro atoms. The molecular formula is C25H26N4O4S. The van der Waals surface area contributed by atoms with Crippen molar-refractivity contribution in [3.05, 3.63) is 63.7 Å². The predicted octanol–water partition coefficient (Wildman–Crippen LogP) is 4.87. The Labute approximate surface area is 202 Å². The van der Waals surface area contributed by atoms with Crippen LogP contribution in [0.2, 0.25) is 0 Å². The molecule has 0 fully saturated rings. The summed E-state index contributed by atoms with van der Waals surface area (Å²) in [6.45, 7) is 8.81. The summed E-state index contributed by atoms with van der Waals surface area (Å²) in [5.74, 6) is 1.38. The fourth-order valence-corrected chi connectivity index (χ4v) is 3.74. The van der Waals surface area contributed by atoms with Crippen molar-refractivity contribution in [2.24, 2.45) is 0 Å². The van der Waals surface area contributed by atoms with Gasteiger partial charge in [0.25, 0.3) is 5.91 Å². The predicted molar refractivity (Wildman–Crippen MR) is 131 cm³/mol. The van der Waals surface area contributed by atoms with Crippen LogP contribution in [0.4, 0.5) is 5.13 Å². The van der Waals surface area contributed by atoms with E-state index in [4.69, 9.17) is 14.2 Å². The summed E-state index contributed by atoms with van der Waals surface area (Å²) in [6.07, 6.45) is 1.49. The van der Waals surface area contributed by atoms with Gasteiger partial charge in [0.15, 0.2) is 11.5 Å². The van der Waals surface area contributed by atoms with Gasteiger partial charge in [0.1, 0.15) is 35.6 Å². The van der Waals surface area contributed by atoms with Crippen LogP contribution in [0, 0.1) is 32.1 Å². The third kappa shape index (κ3) is 6.56. The van der Waals surface area contributed by atoms with Crippen LogP contribution in [-0.4, -0.2) is 35.9 Å². The first-order valence-electron chi connectivity index (χ1n) is 10.7. The molecule has 0 saturated heterocycles. The number of ether oxygens (including phenoxy) is 3. The number of rotatable bonds is 10. The fourth-order valence-electron chi connectivity index (χ4n) is 3.15. The minimum absolute atomic E-state index is 0.0639. The molecule has 0 unspecified atom stereocenters. The Morgan fingerprint density at radius 1 is 1.06 bits per heavy atom. The van der Waals surface area contributed by atoms with Gasteiger partial charge in [-0.25, -0.2) is 0 Å². The van der Waals surface area contributed by atoms with Gasteiger partial charge in [-0.3, -0.25) is 10.1 Å². The van der Waals surface area contributed by atoms with Crippen molar-refractivity contribution >= 4 is 28.5 Å². The van der Waals surface area contributed by atoms with Crippen molar-refractivity contribution in [3.63, 3.8) is 0 Å². The third-order valence-corrected chi connectivity index (χ3v) is 5.44. The van der Waals surface area contributed by atoms with Gasteiger partial charge in [-0.15, -0.1) is 10.2 Å². The summed E-state index contributed by atoms with van der Waals surface area (Å²) in [5.41, 5.74) is 2.71. The molecular weight excluding hydrogens is 452 g/mol. The molecule has 1 aromatic heterocycles. The van der Waals surface area contributed by atoms with Crippen LogP contribution in [-0.2, 0) is 4.79 Å². The first kappa shape index (κ1) is 24.7. The Bertz CT molecular complexity index is 1210. The summed E-state index contributed by atoms with van der Waals surface area (Å²) in [7, 11) is 0. The van der Waals surface area contributed by atoms with Gasteiger partial charge in [0, 0.05) is 0 Å².